The smallest absolute Gasteiger partial charge is 0.290 e. The Morgan fingerprint density at radius 1 is 1.36 bits per heavy atom. The molecule has 0 bridgehead atoms. The van der Waals surface area contributed by atoms with Crippen LogP contribution in [-0.2, 0) is 32.4 Å². The minimum atomic E-state index is -3.10. The molecule has 9 heteroatoms. The minimum absolute atomic E-state index is 0.00300. The summed E-state index contributed by atoms with van der Waals surface area (Å²) >= 11 is 0. The maximum absolute atomic E-state index is 11.6. The lowest BCUT2D eigenvalue weighted by Gasteiger charge is -2.07. The lowest BCUT2D eigenvalue weighted by molar-refractivity contribution is -0.123. The van der Waals surface area contributed by atoms with E-state index in [0.717, 1.165) is 29.7 Å². The Morgan fingerprint density at radius 3 is 2.60 bits per heavy atom. The van der Waals surface area contributed by atoms with Crippen molar-refractivity contribution in [3.63, 3.8) is 0 Å². The molecule has 1 amide bonds. The van der Waals surface area contributed by atoms with Crippen molar-refractivity contribution in [2.24, 2.45) is 0 Å². The fourth-order valence-corrected chi connectivity index (χ4v) is 2.91. The first kappa shape index (κ1) is 20.6. The standard InChI is InChI=1S/C15H21N3O3S.CH2O2/c1-3-18-13-7-5-4-6-12(13)17-14(18)8-10-16-15(19)9-11-22(2,20)21;2-1-3/h4-7H,3,8-11H2,1-2H3,(H,16,19);1H,(H,2,3). The van der Waals surface area contributed by atoms with Crippen LogP contribution in [0.15, 0.2) is 24.3 Å². The molecule has 1 aromatic carbocycles. The second kappa shape index (κ2) is 9.77. The highest BCUT2D eigenvalue weighted by molar-refractivity contribution is 7.90. The molecule has 1 heterocycles. The molecule has 0 aliphatic rings. The van der Waals surface area contributed by atoms with Crippen molar-refractivity contribution in [3.8, 4) is 0 Å². The molecule has 0 aliphatic carbocycles. The van der Waals surface area contributed by atoms with Crippen molar-refractivity contribution in [1.82, 2.24) is 14.9 Å². The van der Waals surface area contributed by atoms with Gasteiger partial charge in [0.2, 0.25) is 5.91 Å². The second-order valence-corrected chi connectivity index (χ2v) is 7.61. The summed E-state index contributed by atoms with van der Waals surface area (Å²) in [5.41, 5.74) is 2.03. The van der Waals surface area contributed by atoms with Gasteiger partial charge in [0.25, 0.3) is 6.47 Å². The van der Waals surface area contributed by atoms with Gasteiger partial charge in [-0.15, -0.1) is 0 Å². The molecule has 0 spiro atoms. The highest BCUT2D eigenvalue weighted by Gasteiger charge is 2.10. The number of benzene rings is 1. The molecule has 0 radical (unpaired) electrons. The summed E-state index contributed by atoms with van der Waals surface area (Å²) in [4.78, 5) is 24.5. The van der Waals surface area contributed by atoms with Crippen LogP contribution in [0.1, 0.15) is 19.2 Å². The summed E-state index contributed by atoms with van der Waals surface area (Å²) in [7, 11) is -3.10. The van der Waals surface area contributed by atoms with Crippen molar-refractivity contribution >= 4 is 33.3 Å². The van der Waals surface area contributed by atoms with E-state index in [2.05, 4.69) is 21.8 Å². The zero-order valence-corrected chi connectivity index (χ0v) is 15.1. The van der Waals surface area contributed by atoms with Crippen LogP contribution < -0.4 is 5.32 Å². The van der Waals surface area contributed by atoms with Crippen molar-refractivity contribution in [2.75, 3.05) is 18.6 Å². The first-order chi connectivity index (χ1) is 11.8. The minimum Gasteiger partial charge on any atom is -0.483 e. The molecule has 25 heavy (non-hydrogen) atoms. The van der Waals surface area contributed by atoms with E-state index in [-0.39, 0.29) is 24.6 Å². The Balaban J connectivity index is 0.000000970. The molecule has 1 aromatic heterocycles. The molecule has 0 saturated carbocycles. The molecule has 2 rings (SSSR count). The van der Waals surface area contributed by atoms with Crippen LogP contribution in [0.25, 0.3) is 11.0 Å². The molecule has 0 aliphatic heterocycles. The van der Waals surface area contributed by atoms with E-state index in [9.17, 15) is 13.2 Å². The van der Waals surface area contributed by atoms with E-state index in [1.54, 1.807) is 0 Å². The lowest BCUT2D eigenvalue weighted by Crippen LogP contribution is -2.28. The van der Waals surface area contributed by atoms with Gasteiger partial charge >= 0.3 is 0 Å². The van der Waals surface area contributed by atoms with E-state index in [1.807, 2.05) is 24.3 Å². The van der Waals surface area contributed by atoms with Gasteiger partial charge < -0.3 is 15.0 Å². The van der Waals surface area contributed by atoms with Crippen LogP contribution in [0.3, 0.4) is 0 Å². The van der Waals surface area contributed by atoms with Crippen molar-refractivity contribution in [3.05, 3.63) is 30.1 Å². The number of hydrogen-bond donors (Lipinski definition) is 2. The van der Waals surface area contributed by atoms with Crippen LogP contribution in [-0.4, -0.2) is 54.0 Å². The summed E-state index contributed by atoms with van der Waals surface area (Å²) in [5.74, 6) is 0.559. The van der Waals surface area contributed by atoms with Gasteiger partial charge in [0.1, 0.15) is 15.7 Å². The Morgan fingerprint density at radius 2 is 2.00 bits per heavy atom. The van der Waals surface area contributed by atoms with Gasteiger partial charge in [-0.25, -0.2) is 13.4 Å². The van der Waals surface area contributed by atoms with Crippen LogP contribution in [0, 0.1) is 0 Å². The van der Waals surface area contributed by atoms with E-state index in [0.29, 0.717) is 13.0 Å². The zero-order valence-electron chi connectivity index (χ0n) is 14.3. The van der Waals surface area contributed by atoms with Gasteiger partial charge in [-0.2, -0.15) is 0 Å². The number of para-hydroxylation sites is 2. The van der Waals surface area contributed by atoms with Crippen LogP contribution >= 0.6 is 0 Å². The van der Waals surface area contributed by atoms with E-state index >= 15 is 0 Å². The maximum atomic E-state index is 11.6. The number of aryl methyl sites for hydroxylation is 1. The number of sulfone groups is 1. The average molecular weight is 369 g/mol. The summed E-state index contributed by atoms with van der Waals surface area (Å²) in [6.07, 6.45) is 1.75. The van der Waals surface area contributed by atoms with E-state index in [1.165, 1.54) is 0 Å². The number of hydrogen-bond acceptors (Lipinski definition) is 5. The highest BCUT2D eigenvalue weighted by atomic mass is 32.2. The number of amides is 1. The predicted octanol–water partition coefficient (Wildman–Crippen LogP) is 0.850. The van der Waals surface area contributed by atoms with E-state index < -0.39 is 9.84 Å². The molecule has 0 unspecified atom stereocenters. The molecule has 0 atom stereocenters. The number of nitrogens with one attached hydrogen (secondary N) is 1. The molecular formula is C16H23N3O5S. The van der Waals surface area contributed by atoms with Gasteiger partial charge in [0.15, 0.2) is 0 Å². The number of carbonyl (C=O) groups is 2. The number of fused-ring (bicyclic) bond motifs is 1. The average Bonchev–Trinajstić information content (AvgIpc) is 2.90. The number of rotatable bonds is 7. The number of carboxylic acid groups (broad SMARTS) is 1. The Hall–Kier alpha value is -2.42. The molecule has 8 nitrogen and oxygen atoms in total. The SMILES string of the molecule is CCn1c(CCNC(=O)CCS(C)(=O)=O)nc2ccccc21.O=CO. The van der Waals surface area contributed by atoms with Gasteiger partial charge in [-0.1, -0.05) is 12.1 Å². The molecule has 0 fully saturated rings. The van der Waals surface area contributed by atoms with Gasteiger partial charge in [-0.05, 0) is 19.1 Å². The number of aromatic nitrogens is 2. The Kier molecular flexibility index (Phi) is 8.06. The quantitative estimate of drug-likeness (QED) is 0.699. The lowest BCUT2D eigenvalue weighted by atomic mass is 10.3. The third-order valence-electron chi connectivity index (χ3n) is 3.42. The van der Waals surface area contributed by atoms with Crippen LogP contribution in [0.5, 0.6) is 0 Å². The molecule has 138 valence electrons. The van der Waals surface area contributed by atoms with E-state index in [4.69, 9.17) is 9.90 Å². The molecule has 2 aromatic rings. The fourth-order valence-electron chi connectivity index (χ4n) is 2.35. The number of carbonyl (C=O) groups excluding carboxylic acids is 1. The normalized spacial score (nSPS) is 10.8. The summed E-state index contributed by atoms with van der Waals surface area (Å²) < 4.78 is 24.2. The second-order valence-electron chi connectivity index (χ2n) is 5.35. The third-order valence-corrected chi connectivity index (χ3v) is 4.37. The molecule has 2 N–H and O–H groups in total. The number of nitrogens with zero attached hydrogens (tertiary/aromatic N) is 2. The fraction of sp³-hybridized carbons (Fsp3) is 0.438. The summed E-state index contributed by atoms with van der Waals surface area (Å²) in [6, 6.07) is 7.93. The Labute approximate surface area is 146 Å². The third kappa shape index (κ3) is 6.92. The first-order valence-corrected chi connectivity index (χ1v) is 9.84. The van der Waals surface area contributed by atoms with Crippen LogP contribution in [0.4, 0.5) is 0 Å². The zero-order chi connectivity index (χ0) is 18.9. The highest BCUT2D eigenvalue weighted by Crippen LogP contribution is 2.15. The van der Waals surface area contributed by atoms with Crippen LogP contribution in [0.2, 0.25) is 0 Å². The summed E-state index contributed by atoms with van der Waals surface area (Å²) in [5, 5.41) is 9.63. The van der Waals surface area contributed by atoms with Gasteiger partial charge in [0.05, 0.1) is 16.8 Å². The summed E-state index contributed by atoms with van der Waals surface area (Å²) in [6.45, 7) is 3.08. The van der Waals surface area contributed by atoms with Gasteiger partial charge in [0, 0.05) is 32.2 Å². The van der Waals surface area contributed by atoms with Crippen molar-refractivity contribution < 1.29 is 23.1 Å². The van der Waals surface area contributed by atoms with Gasteiger partial charge in [-0.3, -0.25) is 9.59 Å². The largest absolute Gasteiger partial charge is 0.483 e. The number of imidazole rings is 1. The molecular weight excluding hydrogens is 346 g/mol. The topological polar surface area (TPSA) is 118 Å². The van der Waals surface area contributed by atoms with Crippen molar-refractivity contribution in [2.45, 2.75) is 26.3 Å². The monoisotopic (exact) mass is 369 g/mol. The van der Waals surface area contributed by atoms with Crippen molar-refractivity contribution in [1.29, 1.82) is 0 Å². The first-order valence-electron chi connectivity index (χ1n) is 7.78. The maximum Gasteiger partial charge on any atom is 0.290 e. The Bertz CT molecular complexity index is 814. The molecule has 0 saturated heterocycles. The predicted molar refractivity (Wildman–Crippen MR) is 95.1 cm³/mol.